The summed E-state index contributed by atoms with van der Waals surface area (Å²) in [4.78, 5) is 21.3. The quantitative estimate of drug-likeness (QED) is 0.468. The molecule has 0 saturated heterocycles. The van der Waals surface area contributed by atoms with Crippen LogP contribution in [0.5, 0.6) is 11.5 Å². The maximum absolute atomic E-state index is 10.6. The Kier molecular flexibility index (Phi) is 8.14. The molecule has 0 amide bonds. The number of hydrogen-bond acceptors (Lipinski definition) is 4. The highest BCUT2D eigenvalue weighted by molar-refractivity contribution is 6.68. The molecule has 0 radical (unpaired) electrons. The van der Waals surface area contributed by atoms with E-state index in [1.54, 1.807) is 0 Å². The van der Waals surface area contributed by atoms with Crippen LogP contribution in [-0.4, -0.2) is 39.2 Å². The molecule has 0 bridgehead atoms. The number of benzene rings is 2. The van der Waals surface area contributed by atoms with Gasteiger partial charge in [0, 0.05) is 10.0 Å². The van der Waals surface area contributed by atoms with Crippen molar-refractivity contribution in [1.29, 1.82) is 0 Å². The number of alkyl halides is 3. The zero-order valence-electron chi connectivity index (χ0n) is 14.4. The third-order valence-corrected chi connectivity index (χ3v) is 4.93. The fraction of sp³-hybridized carbons (Fsp3) is 0.222. The van der Waals surface area contributed by atoms with Crippen LogP contribution < -0.4 is 9.47 Å². The number of hydrogen-bond donors (Lipinski definition) is 2. The van der Waals surface area contributed by atoms with Crippen LogP contribution in [-0.2, 0) is 9.59 Å². The van der Waals surface area contributed by atoms with Gasteiger partial charge in [0.15, 0.2) is 13.2 Å². The molecular formula is C18H13Cl5O6. The smallest absolute Gasteiger partial charge is 0.341 e. The Labute approximate surface area is 190 Å². The second-order valence-electron chi connectivity index (χ2n) is 5.71. The van der Waals surface area contributed by atoms with E-state index in [0.717, 1.165) is 0 Å². The van der Waals surface area contributed by atoms with E-state index in [0.29, 0.717) is 11.1 Å². The molecule has 0 aliphatic heterocycles. The predicted octanol–water partition coefficient (Wildman–Crippen LogP) is 5.42. The van der Waals surface area contributed by atoms with E-state index in [2.05, 4.69) is 0 Å². The fourth-order valence-corrected chi connectivity index (χ4v) is 3.74. The van der Waals surface area contributed by atoms with Gasteiger partial charge in [-0.3, -0.25) is 0 Å². The van der Waals surface area contributed by atoms with Gasteiger partial charge in [-0.2, -0.15) is 0 Å². The minimum Gasteiger partial charge on any atom is -0.482 e. The molecule has 0 spiro atoms. The van der Waals surface area contributed by atoms with Gasteiger partial charge < -0.3 is 19.7 Å². The summed E-state index contributed by atoms with van der Waals surface area (Å²) in [6.45, 7) is -1.07. The number of rotatable bonds is 8. The topological polar surface area (TPSA) is 93.1 Å². The molecule has 0 aliphatic carbocycles. The largest absolute Gasteiger partial charge is 0.482 e. The van der Waals surface area contributed by atoms with Crippen LogP contribution in [0.15, 0.2) is 36.4 Å². The number of carbonyl (C=O) groups is 2. The molecular weight excluding hydrogens is 489 g/mol. The monoisotopic (exact) mass is 500 g/mol. The van der Waals surface area contributed by atoms with E-state index in [1.807, 2.05) is 0 Å². The number of halogens is 5. The lowest BCUT2D eigenvalue weighted by molar-refractivity contribution is -0.140. The summed E-state index contributed by atoms with van der Waals surface area (Å²) in [6, 6.07) is 8.87. The first-order valence-corrected chi connectivity index (χ1v) is 9.72. The molecule has 156 valence electrons. The molecule has 0 unspecified atom stereocenters. The molecule has 0 aliphatic rings. The number of carboxylic acids is 2. The molecule has 2 aromatic carbocycles. The number of aliphatic carboxylic acids is 2. The molecule has 6 nitrogen and oxygen atoms in total. The summed E-state index contributed by atoms with van der Waals surface area (Å²) in [6.07, 6.45) is 0. The van der Waals surface area contributed by atoms with Gasteiger partial charge in [0.25, 0.3) is 0 Å². The summed E-state index contributed by atoms with van der Waals surface area (Å²) in [5.74, 6) is -2.71. The molecule has 0 heterocycles. The van der Waals surface area contributed by atoms with E-state index in [1.165, 1.54) is 36.4 Å². The van der Waals surface area contributed by atoms with E-state index in [4.69, 9.17) is 77.7 Å². The average Bonchev–Trinajstić information content (AvgIpc) is 2.60. The zero-order chi connectivity index (χ0) is 21.8. The van der Waals surface area contributed by atoms with E-state index < -0.39 is 34.9 Å². The van der Waals surface area contributed by atoms with Crippen LogP contribution in [0.2, 0.25) is 10.0 Å². The molecule has 0 aromatic heterocycles. The lowest BCUT2D eigenvalue weighted by Crippen LogP contribution is -2.19. The van der Waals surface area contributed by atoms with Crippen LogP contribution in [0.4, 0.5) is 0 Å². The van der Waals surface area contributed by atoms with Crippen LogP contribution in [0.25, 0.3) is 0 Å². The lowest BCUT2D eigenvalue weighted by atomic mass is 9.92. The van der Waals surface area contributed by atoms with E-state index in [9.17, 15) is 9.59 Å². The second kappa shape index (κ2) is 9.96. The van der Waals surface area contributed by atoms with Crippen molar-refractivity contribution in [3.8, 4) is 11.5 Å². The normalized spacial score (nSPS) is 11.4. The summed E-state index contributed by atoms with van der Waals surface area (Å²) >= 11 is 31.2. The standard InChI is InChI=1S/C18H13Cl5O6/c19-13-5-9(28-7-15(24)25)1-3-11(13)17(18(21,22)23)12-4-2-10(6-14(12)20)29-8-16(26)27/h1-6,17H,7-8H2,(H,24,25)(H,26,27). The molecule has 0 saturated carbocycles. The third kappa shape index (κ3) is 6.73. The van der Waals surface area contributed by atoms with Crippen molar-refractivity contribution in [2.24, 2.45) is 0 Å². The van der Waals surface area contributed by atoms with Crippen LogP contribution in [0.3, 0.4) is 0 Å². The molecule has 0 atom stereocenters. The summed E-state index contributed by atoms with van der Waals surface area (Å²) in [5, 5.41) is 17.7. The maximum Gasteiger partial charge on any atom is 0.341 e. The molecule has 0 fully saturated rings. The van der Waals surface area contributed by atoms with Crippen molar-refractivity contribution in [2.75, 3.05) is 13.2 Å². The van der Waals surface area contributed by atoms with Gasteiger partial charge in [0.1, 0.15) is 11.5 Å². The van der Waals surface area contributed by atoms with E-state index in [-0.39, 0.29) is 21.5 Å². The Morgan fingerprint density at radius 1 is 0.828 bits per heavy atom. The zero-order valence-corrected chi connectivity index (χ0v) is 18.2. The highest BCUT2D eigenvalue weighted by atomic mass is 35.6. The van der Waals surface area contributed by atoms with Gasteiger partial charge in [-0.15, -0.1) is 0 Å². The highest BCUT2D eigenvalue weighted by Gasteiger charge is 2.38. The van der Waals surface area contributed by atoms with Crippen LogP contribution in [0, 0.1) is 0 Å². The average molecular weight is 503 g/mol. The Morgan fingerprint density at radius 2 is 1.21 bits per heavy atom. The second-order valence-corrected chi connectivity index (χ2v) is 8.89. The van der Waals surface area contributed by atoms with Crippen molar-refractivity contribution < 1.29 is 29.3 Å². The number of carboxylic acid groups (broad SMARTS) is 2. The van der Waals surface area contributed by atoms with Gasteiger partial charge in [0.2, 0.25) is 3.79 Å². The van der Waals surface area contributed by atoms with Gasteiger partial charge in [0.05, 0.1) is 5.92 Å². The van der Waals surface area contributed by atoms with Crippen LogP contribution in [0.1, 0.15) is 17.0 Å². The van der Waals surface area contributed by atoms with Gasteiger partial charge in [-0.05, 0) is 35.4 Å². The van der Waals surface area contributed by atoms with Crippen molar-refractivity contribution in [3.63, 3.8) is 0 Å². The van der Waals surface area contributed by atoms with Gasteiger partial charge in [-0.25, -0.2) is 9.59 Å². The van der Waals surface area contributed by atoms with Crippen molar-refractivity contribution in [2.45, 2.75) is 9.71 Å². The minimum absolute atomic E-state index is 0.173. The van der Waals surface area contributed by atoms with Crippen molar-refractivity contribution in [1.82, 2.24) is 0 Å². The van der Waals surface area contributed by atoms with E-state index >= 15 is 0 Å². The summed E-state index contributed by atoms with van der Waals surface area (Å²) in [5.41, 5.74) is 0.825. The first-order valence-electron chi connectivity index (χ1n) is 7.84. The predicted molar refractivity (Wildman–Crippen MR) is 111 cm³/mol. The third-order valence-electron chi connectivity index (χ3n) is 3.62. The summed E-state index contributed by atoms with van der Waals surface area (Å²) in [7, 11) is 0. The first kappa shape index (κ1) is 23.7. The Balaban J connectivity index is 2.40. The maximum atomic E-state index is 10.6. The van der Waals surface area contributed by atoms with Gasteiger partial charge >= 0.3 is 11.9 Å². The minimum atomic E-state index is -1.85. The molecule has 11 heteroatoms. The Morgan fingerprint density at radius 3 is 1.48 bits per heavy atom. The number of ether oxygens (including phenoxy) is 2. The highest BCUT2D eigenvalue weighted by Crippen LogP contribution is 2.50. The Hall–Kier alpha value is -1.57. The Bertz CT molecular complexity index is 845. The molecule has 2 aromatic rings. The first-order chi connectivity index (χ1) is 13.5. The molecule has 2 N–H and O–H groups in total. The lowest BCUT2D eigenvalue weighted by Gasteiger charge is -2.27. The van der Waals surface area contributed by atoms with Crippen molar-refractivity contribution >= 4 is 69.9 Å². The van der Waals surface area contributed by atoms with Crippen molar-refractivity contribution in [3.05, 3.63) is 57.6 Å². The summed E-state index contributed by atoms with van der Waals surface area (Å²) < 4.78 is 8.33. The molecule has 2 rings (SSSR count). The van der Waals surface area contributed by atoms with Gasteiger partial charge in [-0.1, -0.05) is 70.1 Å². The fourth-order valence-electron chi connectivity index (χ4n) is 2.47. The molecule has 29 heavy (non-hydrogen) atoms. The SMILES string of the molecule is O=C(O)COc1ccc(C(c2ccc(OCC(=O)O)cc2Cl)C(Cl)(Cl)Cl)c(Cl)c1. The van der Waals surface area contributed by atoms with Crippen LogP contribution >= 0.6 is 58.0 Å².